The minimum atomic E-state index is -0.703. The van der Waals surface area contributed by atoms with Crippen LogP contribution in [0, 0.1) is 0 Å². The summed E-state index contributed by atoms with van der Waals surface area (Å²) in [7, 11) is 0. The summed E-state index contributed by atoms with van der Waals surface area (Å²) in [5.74, 6) is -0.688. The normalized spacial score (nSPS) is 8.55. The van der Waals surface area contributed by atoms with E-state index in [-0.39, 0.29) is 12.5 Å². The molecule has 0 bridgehead atoms. The van der Waals surface area contributed by atoms with Gasteiger partial charge in [0.05, 0.1) is 6.61 Å². The van der Waals surface area contributed by atoms with E-state index in [1.807, 2.05) is 10.9 Å². The molecule has 64 valence electrons. The van der Waals surface area contributed by atoms with Crippen molar-refractivity contribution in [2.24, 2.45) is 0 Å². The molecule has 11 heavy (non-hydrogen) atoms. The van der Waals surface area contributed by atoms with Crippen LogP contribution in [0.15, 0.2) is 0 Å². The Labute approximate surface area is 69.0 Å². The molecule has 0 fully saturated rings. The van der Waals surface area contributed by atoms with Crippen molar-refractivity contribution in [3.05, 3.63) is 0 Å². The number of halogens is 1. The first kappa shape index (κ1) is 10.0. The molecule has 0 saturated carbocycles. The van der Waals surface area contributed by atoms with Crippen molar-refractivity contribution in [2.45, 2.75) is 6.92 Å². The van der Waals surface area contributed by atoms with E-state index in [4.69, 9.17) is 11.6 Å². The summed E-state index contributed by atoms with van der Waals surface area (Å²) < 4.78 is 4.43. The number of hydrazine groups is 1. The van der Waals surface area contributed by atoms with Crippen molar-refractivity contribution in [3.63, 3.8) is 0 Å². The lowest BCUT2D eigenvalue weighted by molar-refractivity contribution is -0.119. The van der Waals surface area contributed by atoms with Gasteiger partial charge in [0.1, 0.15) is 5.88 Å². The molecule has 0 rings (SSSR count). The molecule has 0 aromatic heterocycles. The number of hydrogen-bond acceptors (Lipinski definition) is 3. The maximum atomic E-state index is 10.5. The predicted molar refractivity (Wildman–Crippen MR) is 39.0 cm³/mol. The Kier molecular flexibility index (Phi) is 5.28. The maximum absolute atomic E-state index is 10.5. The Balaban J connectivity index is 3.38. The number of ether oxygens (including phenoxy) is 1. The van der Waals surface area contributed by atoms with Gasteiger partial charge < -0.3 is 4.74 Å². The molecule has 0 atom stereocenters. The lowest BCUT2D eigenvalue weighted by Crippen LogP contribution is -2.42. The zero-order valence-electron chi connectivity index (χ0n) is 6.02. The first-order valence-corrected chi connectivity index (χ1v) is 3.51. The number of carbonyl (C=O) groups excluding carboxylic acids is 2. The van der Waals surface area contributed by atoms with Crippen molar-refractivity contribution >= 4 is 23.6 Å². The van der Waals surface area contributed by atoms with E-state index in [1.54, 1.807) is 6.92 Å². The Bertz CT molecular complexity index is 151. The van der Waals surface area contributed by atoms with Crippen LogP contribution >= 0.6 is 11.6 Å². The van der Waals surface area contributed by atoms with Crippen LogP contribution in [0.2, 0.25) is 0 Å². The van der Waals surface area contributed by atoms with Crippen LogP contribution in [0.3, 0.4) is 0 Å². The third-order valence-corrected chi connectivity index (χ3v) is 0.944. The zero-order chi connectivity index (χ0) is 8.69. The van der Waals surface area contributed by atoms with Gasteiger partial charge in [-0.15, -0.1) is 11.6 Å². The monoisotopic (exact) mass is 180 g/mol. The molecule has 0 spiro atoms. The van der Waals surface area contributed by atoms with Crippen LogP contribution < -0.4 is 10.9 Å². The summed E-state index contributed by atoms with van der Waals surface area (Å²) in [6, 6.07) is 0. The zero-order valence-corrected chi connectivity index (χ0v) is 6.77. The highest BCUT2D eigenvalue weighted by atomic mass is 35.5. The number of hydrogen-bond donors (Lipinski definition) is 2. The average Bonchev–Trinajstić information content (AvgIpc) is 2.01. The lowest BCUT2D eigenvalue weighted by Gasteiger charge is -2.04. The minimum absolute atomic E-state index is 0.202. The summed E-state index contributed by atoms with van der Waals surface area (Å²) in [6.07, 6.45) is -0.703. The van der Waals surface area contributed by atoms with Gasteiger partial charge in [0, 0.05) is 0 Å². The molecular formula is C5H9ClN2O3. The fourth-order valence-electron chi connectivity index (χ4n) is 0.321. The molecule has 0 aromatic rings. The molecule has 0 aromatic carbocycles. The van der Waals surface area contributed by atoms with E-state index in [2.05, 4.69) is 4.74 Å². The standard InChI is InChI=1S/C5H9ClN2O3/c1-2-11-5(10)8-7-4(9)3-6/h2-3H2,1H3,(H,7,9)(H,8,10). The highest BCUT2D eigenvalue weighted by molar-refractivity contribution is 6.27. The SMILES string of the molecule is CCOC(=O)NNC(=O)CCl. The number of rotatable bonds is 2. The minimum Gasteiger partial charge on any atom is -0.449 e. The quantitative estimate of drug-likeness (QED) is 0.465. The topological polar surface area (TPSA) is 67.4 Å². The average molecular weight is 181 g/mol. The lowest BCUT2D eigenvalue weighted by atomic mass is 10.7. The third kappa shape index (κ3) is 5.47. The van der Waals surface area contributed by atoms with E-state index in [9.17, 15) is 9.59 Å². The second-order valence-electron chi connectivity index (χ2n) is 1.53. The molecule has 0 aliphatic heterocycles. The molecular weight excluding hydrogens is 172 g/mol. The molecule has 0 saturated heterocycles. The predicted octanol–water partition coefficient (Wildman–Crippen LogP) is 0.00250. The van der Waals surface area contributed by atoms with Crippen LogP contribution in [0.5, 0.6) is 0 Å². The largest absolute Gasteiger partial charge is 0.449 e. The van der Waals surface area contributed by atoms with Gasteiger partial charge >= 0.3 is 6.09 Å². The van der Waals surface area contributed by atoms with E-state index in [0.29, 0.717) is 0 Å². The van der Waals surface area contributed by atoms with Gasteiger partial charge in [0.2, 0.25) is 0 Å². The molecule has 0 aliphatic rings. The van der Waals surface area contributed by atoms with Gasteiger partial charge in [-0.05, 0) is 6.92 Å². The first-order chi connectivity index (χ1) is 5.20. The van der Waals surface area contributed by atoms with Crippen LogP contribution in [0.25, 0.3) is 0 Å². The van der Waals surface area contributed by atoms with E-state index in [1.165, 1.54) is 0 Å². The number of alkyl halides is 1. The molecule has 6 heteroatoms. The molecule has 0 radical (unpaired) electrons. The van der Waals surface area contributed by atoms with E-state index in [0.717, 1.165) is 0 Å². The fourth-order valence-corrected chi connectivity index (χ4v) is 0.388. The maximum Gasteiger partial charge on any atom is 0.426 e. The smallest absolute Gasteiger partial charge is 0.426 e. The summed E-state index contributed by atoms with van der Waals surface area (Å²) in [5.41, 5.74) is 4.01. The Morgan fingerprint density at radius 3 is 2.55 bits per heavy atom. The van der Waals surface area contributed by atoms with Gasteiger partial charge in [-0.1, -0.05) is 0 Å². The van der Waals surface area contributed by atoms with Gasteiger partial charge in [0.15, 0.2) is 0 Å². The molecule has 2 N–H and O–H groups in total. The number of nitrogens with one attached hydrogen (secondary N) is 2. The number of amides is 2. The van der Waals surface area contributed by atoms with Crippen LogP contribution in [-0.4, -0.2) is 24.5 Å². The third-order valence-electron chi connectivity index (χ3n) is 0.701. The second-order valence-corrected chi connectivity index (χ2v) is 1.79. The van der Waals surface area contributed by atoms with Crippen molar-refractivity contribution in [1.82, 2.24) is 10.9 Å². The van der Waals surface area contributed by atoms with E-state index < -0.39 is 12.0 Å². The summed E-state index contributed by atoms with van der Waals surface area (Å²) in [5, 5.41) is 0. The van der Waals surface area contributed by atoms with Gasteiger partial charge in [-0.3, -0.25) is 10.2 Å². The Morgan fingerprint density at radius 2 is 2.09 bits per heavy atom. The molecule has 0 unspecified atom stereocenters. The van der Waals surface area contributed by atoms with Crippen molar-refractivity contribution in [1.29, 1.82) is 0 Å². The summed E-state index contributed by atoms with van der Waals surface area (Å²) in [4.78, 5) is 20.9. The van der Waals surface area contributed by atoms with Crippen LogP contribution in [0.4, 0.5) is 4.79 Å². The van der Waals surface area contributed by atoms with Crippen molar-refractivity contribution < 1.29 is 14.3 Å². The van der Waals surface area contributed by atoms with Crippen molar-refractivity contribution in [2.75, 3.05) is 12.5 Å². The van der Waals surface area contributed by atoms with Crippen molar-refractivity contribution in [3.8, 4) is 0 Å². The van der Waals surface area contributed by atoms with Gasteiger partial charge in [0.25, 0.3) is 5.91 Å². The van der Waals surface area contributed by atoms with Gasteiger partial charge in [-0.2, -0.15) is 0 Å². The van der Waals surface area contributed by atoms with Gasteiger partial charge in [-0.25, -0.2) is 10.2 Å². The molecule has 0 aliphatic carbocycles. The Morgan fingerprint density at radius 1 is 1.45 bits per heavy atom. The van der Waals surface area contributed by atoms with Crippen LogP contribution in [-0.2, 0) is 9.53 Å². The highest BCUT2D eigenvalue weighted by Crippen LogP contribution is 1.74. The molecule has 5 nitrogen and oxygen atoms in total. The highest BCUT2D eigenvalue weighted by Gasteiger charge is 2.01. The van der Waals surface area contributed by atoms with Crippen LogP contribution in [0.1, 0.15) is 6.92 Å². The summed E-state index contributed by atoms with van der Waals surface area (Å²) >= 11 is 5.11. The Hall–Kier alpha value is -0.970. The first-order valence-electron chi connectivity index (χ1n) is 2.98. The molecule has 2 amide bonds. The summed E-state index contributed by atoms with van der Waals surface area (Å²) in [6.45, 7) is 1.91. The fraction of sp³-hybridized carbons (Fsp3) is 0.600. The van der Waals surface area contributed by atoms with E-state index >= 15 is 0 Å². The number of carbonyl (C=O) groups is 2. The molecule has 0 heterocycles. The second kappa shape index (κ2) is 5.79.